The van der Waals surface area contributed by atoms with Gasteiger partial charge in [0.2, 0.25) is 0 Å². The molecule has 2 N–H and O–H groups in total. The predicted molar refractivity (Wildman–Crippen MR) is 95.0 cm³/mol. The molecule has 3 aromatic rings. The average Bonchev–Trinajstić information content (AvgIpc) is 2.63. The van der Waals surface area contributed by atoms with E-state index in [2.05, 4.69) is 20.8 Å². The zero-order chi connectivity index (χ0) is 17.5. The van der Waals surface area contributed by atoms with E-state index in [0.717, 1.165) is 5.56 Å². The standard InChI is InChI=1S/C19H17FN4O/c20-15-6-4-5-14(13-15)11-12-21-18-10-9-17(23-24-18)19(25)22-16-7-2-1-3-8-16/h1-10,13H,11-12H2,(H,21,24)(H,22,25). The second-order valence-electron chi connectivity index (χ2n) is 5.43. The quantitative estimate of drug-likeness (QED) is 0.723. The zero-order valence-electron chi connectivity index (χ0n) is 13.4. The summed E-state index contributed by atoms with van der Waals surface area (Å²) in [4.78, 5) is 12.1. The van der Waals surface area contributed by atoms with Crippen LogP contribution in [0.2, 0.25) is 0 Å². The number of nitrogens with zero attached hydrogens (tertiary/aromatic N) is 2. The number of hydrogen-bond donors (Lipinski definition) is 2. The van der Waals surface area contributed by atoms with E-state index in [0.29, 0.717) is 24.5 Å². The minimum absolute atomic E-state index is 0.236. The molecule has 1 amide bonds. The number of halogens is 1. The van der Waals surface area contributed by atoms with Gasteiger partial charge >= 0.3 is 0 Å². The number of para-hydroxylation sites is 1. The van der Waals surface area contributed by atoms with Crippen LogP contribution in [0.3, 0.4) is 0 Å². The highest BCUT2D eigenvalue weighted by molar-refractivity contribution is 6.02. The van der Waals surface area contributed by atoms with Crippen LogP contribution in [0, 0.1) is 5.82 Å². The second-order valence-corrected chi connectivity index (χ2v) is 5.43. The molecule has 0 aliphatic heterocycles. The third-order valence-electron chi connectivity index (χ3n) is 3.54. The lowest BCUT2D eigenvalue weighted by molar-refractivity contribution is 0.102. The minimum Gasteiger partial charge on any atom is -0.368 e. The Labute approximate surface area is 144 Å². The van der Waals surface area contributed by atoms with E-state index >= 15 is 0 Å². The zero-order valence-corrected chi connectivity index (χ0v) is 13.4. The van der Waals surface area contributed by atoms with Crippen LogP contribution in [0.1, 0.15) is 16.1 Å². The van der Waals surface area contributed by atoms with Crippen LogP contribution in [0.15, 0.2) is 66.7 Å². The number of hydrogen-bond acceptors (Lipinski definition) is 4. The monoisotopic (exact) mass is 336 g/mol. The molecule has 0 saturated carbocycles. The molecule has 1 heterocycles. The molecular weight excluding hydrogens is 319 g/mol. The van der Waals surface area contributed by atoms with Crippen LogP contribution >= 0.6 is 0 Å². The first-order valence-electron chi connectivity index (χ1n) is 7.89. The largest absolute Gasteiger partial charge is 0.368 e. The molecular formula is C19H17FN4O. The number of carbonyl (C=O) groups is 1. The van der Waals surface area contributed by atoms with Gasteiger partial charge in [0.15, 0.2) is 5.69 Å². The molecule has 0 atom stereocenters. The lowest BCUT2D eigenvalue weighted by atomic mass is 10.1. The van der Waals surface area contributed by atoms with Crippen molar-refractivity contribution in [2.45, 2.75) is 6.42 Å². The first-order valence-corrected chi connectivity index (χ1v) is 7.89. The Morgan fingerprint density at radius 1 is 0.960 bits per heavy atom. The molecule has 25 heavy (non-hydrogen) atoms. The van der Waals surface area contributed by atoms with E-state index < -0.39 is 0 Å². The highest BCUT2D eigenvalue weighted by atomic mass is 19.1. The fraction of sp³-hybridized carbons (Fsp3) is 0.105. The van der Waals surface area contributed by atoms with Gasteiger partial charge in [-0.25, -0.2) is 4.39 Å². The Hall–Kier alpha value is -3.28. The highest BCUT2D eigenvalue weighted by Crippen LogP contribution is 2.09. The van der Waals surface area contributed by atoms with Crippen molar-refractivity contribution in [2.75, 3.05) is 17.2 Å². The lowest BCUT2D eigenvalue weighted by Crippen LogP contribution is -2.15. The number of aromatic nitrogens is 2. The first-order chi connectivity index (χ1) is 12.2. The van der Waals surface area contributed by atoms with Crippen LogP contribution < -0.4 is 10.6 Å². The van der Waals surface area contributed by atoms with Gasteiger partial charge in [0, 0.05) is 12.2 Å². The van der Waals surface area contributed by atoms with Gasteiger partial charge < -0.3 is 10.6 Å². The summed E-state index contributed by atoms with van der Waals surface area (Å²) in [6, 6.07) is 18.9. The van der Waals surface area contributed by atoms with Crippen LogP contribution in [-0.4, -0.2) is 22.6 Å². The van der Waals surface area contributed by atoms with Gasteiger partial charge in [0.05, 0.1) is 0 Å². The van der Waals surface area contributed by atoms with Gasteiger partial charge in [0.1, 0.15) is 11.6 Å². The fourth-order valence-electron chi connectivity index (χ4n) is 2.29. The minimum atomic E-state index is -0.315. The Balaban J connectivity index is 1.52. The topological polar surface area (TPSA) is 66.9 Å². The van der Waals surface area contributed by atoms with Crippen molar-refractivity contribution in [1.82, 2.24) is 10.2 Å². The second kappa shape index (κ2) is 8.01. The summed E-state index contributed by atoms with van der Waals surface area (Å²) in [5, 5.41) is 13.8. The summed E-state index contributed by atoms with van der Waals surface area (Å²) in [5.74, 6) is 0.00347. The van der Waals surface area contributed by atoms with Crippen molar-refractivity contribution in [1.29, 1.82) is 0 Å². The Morgan fingerprint density at radius 3 is 2.52 bits per heavy atom. The summed E-state index contributed by atoms with van der Waals surface area (Å²) in [6.45, 7) is 0.591. The van der Waals surface area contributed by atoms with Crippen molar-refractivity contribution in [3.63, 3.8) is 0 Å². The van der Waals surface area contributed by atoms with Gasteiger partial charge in [-0.2, -0.15) is 0 Å². The van der Waals surface area contributed by atoms with Crippen molar-refractivity contribution >= 4 is 17.4 Å². The van der Waals surface area contributed by atoms with Crippen LogP contribution in [-0.2, 0) is 6.42 Å². The third-order valence-corrected chi connectivity index (χ3v) is 3.54. The molecule has 0 aliphatic carbocycles. The summed E-state index contributed by atoms with van der Waals surface area (Å²) in [5.41, 5.74) is 1.84. The molecule has 126 valence electrons. The summed E-state index contributed by atoms with van der Waals surface area (Å²) >= 11 is 0. The molecule has 0 aliphatic rings. The molecule has 6 heteroatoms. The van der Waals surface area contributed by atoms with E-state index in [9.17, 15) is 9.18 Å². The Kier molecular flexibility index (Phi) is 5.31. The number of nitrogens with one attached hydrogen (secondary N) is 2. The van der Waals surface area contributed by atoms with Gasteiger partial charge in [-0.1, -0.05) is 30.3 Å². The first kappa shape index (κ1) is 16.6. The average molecular weight is 336 g/mol. The maximum absolute atomic E-state index is 13.1. The number of carbonyl (C=O) groups excluding carboxylic acids is 1. The molecule has 0 fully saturated rings. The van der Waals surface area contributed by atoms with E-state index in [1.165, 1.54) is 12.1 Å². The molecule has 0 unspecified atom stereocenters. The number of anilines is 2. The van der Waals surface area contributed by atoms with Gasteiger partial charge in [0.25, 0.3) is 5.91 Å². The van der Waals surface area contributed by atoms with Crippen molar-refractivity contribution in [2.24, 2.45) is 0 Å². The Morgan fingerprint density at radius 2 is 1.80 bits per heavy atom. The molecule has 5 nitrogen and oxygen atoms in total. The molecule has 0 saturated heterocycles. The molecule has 0 spiro atoms. The van der Waals surface area contributed by atoms with Crippen molar-refractivity contribution in [3.05, 3.63) is 83.8 Å². The normalized spacial score (nSPS) is 10.3. The summed E-state index contributed by atoms with van der Waals surface area (Å²) in [6.07, 6.45) is 0.662. The molecule has 3 rings (SSSR count). The molecule has 0 radical (unpaired) electrons. The van der Waals surface area contributed by atoms with Gasteiger partial charge in [-0.3, -0.25) is 4.79 Å². The van der Waals surface area contributed by atoms with Crippen LogP contribution in [0.5, 0.6) is 0 Å². The number of benzene rings is 2. The molecule has 1 aromatic heterocycles. The number of rotatable bonds is 6. The van der Waals surface area contributed by atoms with Crippen LogP contribution in [0.4, 0.5) is 15.9 Å². The van der Waals surface area contributed by atoms with Crippen LogP contribution in [0.25, 0.3) is 0 Å². The number of amides is 1. The fourth-order valence-corrected chi connectivity index (χ4v) is 2.29. The lowest BCUT2D eigenvalue weighted by Gasteiger charge is -2.07. The highest BCUT2D eigenvalue weighted by Gasteiger charge is 2.08. The SMILES string of the molecule is O=C(Nc1ccccc1)c1ccc(NCCc2cccc(F)c2)nn1. The summed E-state index contributed by atoms with van der Waals surface area (Å²) in [7, 11) is 0. The van der Waals surface area contributed by atoms with Gasteiger partial charge in [-0.15, -0.1) is 10.2 Å². The molecule has 2 aromatic carbocycles. The molecule has 0 bridgehead atoms. The van der Waals surface area contributed by atoms with Crippen molar-refractivity contribution < 1.29 is 9.18 Å². The predicted octanol–water partition coefficient (Wildman–Crippen LogP) is 3.52. The summed E-state index contributed by atoms with van der Waals surface area (Å²) < 4.78 is 13.1. The smallest absolute Gasteiger partial charge is 0.276 e. The van der Waals surface area contributed by atoms with E-state index in [1.54, 1.807) is 30.3 Å². The maximum atomic E-state index is 13.1. The van der Waals surface area contributed by atoms with Gasteiger partial charge in [-0.05, 0) is 48.4 Å². The van der Waals surface area contributed by atoms with E-state index in [-0.39, 0.29) is 17.4 Å². The van der Waals surface area contributed by atoms with Crippen molar-refractivity contribution in [3.8, 4) is 0 Å². The Bertz CT molecular complexity index is 838. The van der Waals surface area contributed by atoms with E-state index in [1.807, 2.05) is 24.3 Å². The maximum Gasteiger partial charge on any atom is 0.276 e. The van der Waals surface area contributed by atoms with E-state index in [4.69, 9.17) is 0 Å². The third kappa shape index (κ3) is 4.84.